The topological polar surface area (TPSA) is 23.6 Å². The quantitative estimate of drug-likeness (QED) is 0.869. The number of benzene rings is 2. The first-order chi connectivity index (χ1) is 11.2. The summed E-state index contributed by atoms with van der Waals surface area (Å²) in [6.07, 6.45) is 1.30. The summed E-state index contributed by atoms with van der Waals surface area (Å²) in [6, 6.07) is 16.5. The Morgan fingerprint density at radius 1 is 0.913 bits per heavy atom. The van der Waals surface area contributed by atoms with Gasteiger partial charge in [0.15, 0.2) is 0 Å². The molecule has 0 spiro atoms. The van der Waals surface area contributed by atoms with Gasteiger partial charge in [-0.1, -0.05) is 30.3 Å². The zero-order chi connectivity index (χ0) is 16.1. The van der Waals surface area contributed by atoms with E-state index in [1.54, 1.807) is 12.1 Å². The molecule has 1 saturated heterocycles. The number of carbonyl (C=O) groups is 1. The molecule has 0 aromatic heterocycles. The number of hydrogen-bond acceptors (Lipinski definition) is 2. The highest BCUT2D eigenvalue weighted by molar-refractivity contribution is 5.78. The second-order valence-corrected chi connectivity index (χ2v) is 5.86. The SMILES string of the molecule is O=C(Cc1ccc(F)cc1)N1CCCN(c2ccccc2)CC1. The van der Waals surface area contributed by atoms with E-state index in [9.17, 15) is 9.18 Å². The lowest BCUT2D eigenvalue weighted by Gasteiger charge is -2.23. The molecule has 0 bridgehead atoms. The summed E-state index contributed by atoms with van der Waals surface area (Å²) in [5, 5.41) is 0. The maximum atomic E-state index is 12.9. The molecular formula is C19H21FN2O. The normalized spacial score (nSPS) is 15.3. The van der Waals surface area contributed by atoms with E-state index in [1.165, 1.54) is 17.8 Å². The van der Waals surface area contributed by atoms with Crippen LogP contribution in [0.15, 0.2) is 54.6 Å². The van der Waals surface area contributed by atoms with Crippen LogP contribution in [0.3, 0.4) is 0 Å². The van der Waals surface area contributed by atoms with Gasteiger partial charge in [-0.25, -0.2) is 4.39 Å². The standard InChI is InChI=1S/C19H21FN2O/c20-17-9-7-16(8-10-17)15-19(23)22-12-4-11-21(13-14-22)18-5-2-1-3-6-18/h1-3,5-10H,4,11-15H2. The number of halogens is 1. The number of rotatable bonds is 3. The minimum absolute atomic E-state index is 0.117. The smallest absolute Gasteiger partial charge is 0.227 e. The van der Waals surface area contributed by atoms with Gasteiger partial charge in [0.25, 0.3) is 0 Å². The Hall–Kier alpha value is -2.36. The molecule has 0 atom stereocenters. The van der Waals surface area contributed by atoms with E-state index in [1.807, 2.05) is 23.1 Å². The van der Waals surface area contributed by atoms with Gasteiger partial charge in [-0.15, -0.1) is 0 Å². The van der Waals surface area contributed by atoms with Gasteiger partial charge in [0.05, 0.1) is 6.42 Å². The largest absolute Gasteiger partial charge is 0.370 e. The molecule has 1 aliphatic heterocycles. The molecule has 0 saturated carbocycles. The number of carbonyl (C=O) groups excluding carboxylic acids is 1. The minimum atomic E-state index is -0.269. The second-order valence-electron chi connectivity index (χ2n) is 5.86. The molecule has 0 aliphatic carbocycles. The van der Waals surface area contributed by atoms with Crippen molar-refractivity contribution in [2.45, 2.75) is 12.8 Å². The minimum Gasteiger partial charge on any atom is -0.370 e. The molecule has 1 amide bonds. The van der Waals surface area contributed by atoms with Crippen LogP contribution in [-0.4, -0.2) is 37.0 Å². The molecule has 3 rings (SSSR count). The van der Waals surface area contributed by atoms with Crippen molar-refractivity contribution in [2.75, 3.05) is 31.1 Å². The molecule has 0 radical (unpaired) electrons. The molecule has 1 aliphatic rings. The number of nitrogens with zero attached hydrogens (tertiary/aromatic N) is 2. The fraction of sp³-hybridized carbons (Fsp3) is 0.316. The molecular weight excluding hydrogens is 291 g/mol. The first-order valence-electron chi connectivity index (χ1n) is 8.04. The van der Waals surface area contributed by atoms with E-state index in [4.69, 9.17) is 0 Å². The van der Waals surface area contributed by atoms with E-state index in [2.05, 4.69) is 17.0 Å². The van der Waals surface area contributed by atoms with E-state index in [0.29, 0.717) is 6.42 Å². The second kappa shape index (κ2) is 7.27. The summed E-state index contributed by atoms with van der Waals surface area (Å²) in [5.74, 6) is -0.152. The van der Waals surface area contributed by atoms with Gasteiger partial charge in [-0.2, -0.15) is 0 Å². The fourth-order valence-electron chi connectivity index (χ4n) is 2.95. The number of amides is 1. The van der Waals surface area contributed by atoms with Crippen molar-refractivity contribution < 1.29 is 9.18 Å². The number of hydrogen-bond donors (Lipinski definition) is 0. The summed E-state index contributed by atoms with van der Waals surface area (Å²) in [6.45, 7) is 3.32. The number of anilines is 1. The summed E-state index contributed by atoms with van der Waals surface area (Å²) in [7, 11) is 0. The highest BCUT2D eigenvalue weighted by Crippen LogP contribution is 2.16. The van der Waals surface area contributed by atoms with Crippen molar-refractivity contribution in [2.24, 2.45) is 0 Å². The molecule has 0 N–H and O–H groups in total. The van der Waals surface area contributed by atoms with Crippen molar-refractivity contribution >= 4 is 11.6 Å². The van der Waals surface area contributed by atoms with Gasteiger partial charge in [0.2, 0.25) is 5.91 Å². The van der Waals surface area contributed by atoms with Crippen LogP contribution in [0.1, 0.15) is 12.0 Å². The van der Waals surface area contributed by atoms with Crippen LogP contribution < -0.4 is 4.90 Å². The molecule has 2 aromatic rings. The Balaban J connectivity index is 1.59. The summed E-state index contributed by atoms with van der Waals surface area (Å²) in [5.41, 5.74) is 2.07. The maximum absolute atomic E-state index is 12.9. The van der Waals surface area contributed by atoms with Gasteiger partial charge in [-0.3, -0.25) is 4.79 Å². The average molecular weight is 312 g/mol. The predicted molar refractivity (Wildman–Crippen MR) is 90.0 cm³/mol. The van der Waals surface area contributed by atoms with Gasteiger partial charge >= 0.3 is 0 Å². The Morgan fingerprint density at radius 2 is 1.65 bits per heavy atom. The van der Waals surface area contributed by atoms with Crippen LogP contribution in [0.4, 0.5) is 10.1 Å². The van der Waals surface area contributed by atoms with Crippen molar-refractivity contribution in [1.29, 1.82) is 0 Å². The Kier molecular flexibility index (Phi) is 4.91. The molecule has 1 fully saturated rings. The molecule has 0 unspecified atom stereocenters. The molecule has 2 aromatic carbocycles. The molecule has 4 heteroatoms. The van der Waals surface area contributed by atoms with Crippen LogP contribution in [-0.2, 0) is 11.2 Å². The van der Waals surface area contributed by atoms with Crippen LogP contribution in [0.2, 0.25) is 0 Å². The Labute approximate surface area is 136 Å². The van der Waals surface area contributed by atoms with Crippen molar-refractivity contribution in [3.63, 3.8) is 0 Å². The first-order valence-corrected chi connectivity index (χ1v) is 8.04. The molecule has 3 nitrogen and oxygen atoms in total. The summed E-state index contributed by atoms with van der Waals surface area (Å²) in [4.78, 5) is 16.7. The van der Waals surface area contributed by atoms with Crippen LogP contribution in [0.5, 0.6) is 0 Å². The van der Waals surface area contributed by atoms with Crippen molar-refractivity contribution in [1.82, 2.24) is 4.90 Å². The number of para-hydroxylation sites is 1. The van der Waals surface area contributed by atoms with E-state index in [-0.39, 0.29) is 11.7 Å². The molecule has 23 heavy (non-hydrogen) atoms. The van der Waals surface area contributed by atoms with E-state index >= 15 is 0 Å². The highest BCUT2D eigenvalue weighted by atomic mass is 19.1. The molecule has 120 valence electrons. The van der Waals surface area contributed by atoms with Crippen LogP contribution in [0.25, 0.3) is 0 Å². The zero-order valence-electron chi connectivity index (χ0n) is 13.1. The Bertz CT molecular complexity index is 642. The van der Waals surface area contributed by atoms with Gasteiger partial charge in [0.1, 0.15) is 5.82 Å². The third-order valence-electron chi connectivity index (χ3n) is 4.24. The zero-order valence-corrected chi connectivity index (χ0v) is 13.1. The Morgan fingerprint density at radius 3 is 2.39 bits per heavy atom. The monoisotopic (exact) mass is 312 g/mol. The summed E-state index contributed by atoms with van der Waals surface area (Å²) >= 11 is 0. The summed E-state index contributed by atoms with van der Waals surface area (Å²) < 4.78 is 12.9. The van der Waals surface area contributed by atoms with Gasteiger partial charge < -0.3 is 9.80 Å². The van der Waals surface area contributed by atoms with Crippen LogP contribution in [0, 0.1) is 5.82 Å². The lowest BCUT2D eigenvalue weighted by Crippen LogP contribution is -2.36. The third-order valence-corrected chi connectivity index (χ3v) is 4.24. The fourth-order valence-corrected chi connectivity index (χ4v) is 2.95. The lowest BCUT2D eigenvalue weighted by atomic mass is 10.1. The van der Waals surface area contributed by atoms with Crippen molar-refractivity contribution in [3.05, 3.63) is 66.0 Å². The van der Waals surface area contributed by atoms with Crippen molar-refractivity contribution in [3.8, 4) is 0 Å². The predicted octanol–water partition coefficient (Wildman–Crippen LogP) is 3.11. The lowest BCUT2D eigenvalue weighted by molar-refractivity contribution is -0.130. The third kappa shape index (κ3) is 4.09. The average Bonchev–Trinajstić information content (AvgIpc) is 2.84. The van der Waals surface area contributed by atoms with Crippen LogP contribution >= 0.6 is 0 Å². The maximum Gasteiger partial charge on any atom is 0.227 e. The van der Waals surface area contributed by atoms with E-state index in [0.717, 1.165) is 38.2 Å². The van der Waals surface area contributed by atoms with Gasteiger partial charge in [-0.05, 0) is 36.2 Å². The van der Waals surface area contributed by atoms with E-state index < -0.39 is 0 Å². The van der Waals surface area contributed by atoms with Gasteiger partial charge in [0, 0.05) is 31.9 Å². The first kappa shape index (κ1) is 15.5. The highest BCUT2D eigenvalue weighted by Gasteiger charge is 2.19. The molecule has 1 heterocycles.